The van der Waals surface area contributed by atoms with Gasteiger partial charge >= 0.3 is 5.97 Å². The Morgan fingerprint density at radius 1 is 1.04 bits per heavy atom. The number of halogens is 1. The number of para-hydroxylation sites is 1. The first-order valence-electron chi connectivity index (χ1n) is 8.78. The van der Waals surface area contributed by atoms with Gasteiger partial charge in [-0.1, -0.05) is 24.3 Å². The highest BCUT2D eigenvalue weighted by atomic mass is 127. The van der Waals surface area contributed by atoms with Crippen molar-refractivity contribution >= 4 is 63.7 Å². The zero-order chi connectivity index (χ0) is 19.8. The number of rotatable bonds is 7. The van der Waals surface area contributed by atoms with Crippen molar-refractivity contribution in [1.82, 2.24) is 0 Å². The summed E-state index contributed by atoms with van der Waals surface area (Å²) in [5, 5.41) is 2.71. The SMILES string of the molecule is O=C(COC(=O)COc1ccc(C2SCCCS2)cc1)Nc1ccccc1I. The van der Waals surface area contributed by atoms with Crippen LogP contribution in [0.15, 0.2) is 48.5 Å². The summed E-state index contributed by atoms with van der Waals surface area (Å²) in [7, 11) is 0. The smallest absolute Gasteiger partial charge is 0.344 e. The molecule has 28 heavy (non-hydrogen) atoms. The second kappa shape index (κ2) is 11.0. The molecule has 8 heteroatoms. The van der Waals surface area contributed by atoms with Crippen LogP contribution in [0.2, 0.25) is 0 Å². The first kappa shape index (κ1) is 21.3. The van der Waals surface area contributed by atoms with Crippen molar-refractivity contribution in [2.24, 2.45) is 0 Å². The standard InChI is InChI=1S/C20H20INO4S2/c21-16-4-1-2-5-17(16)22-18(23)12-26-19(24)13-25-15-8-6-14(7-9-15)20-27-10-3-11-28-20/h1-2,4-9,20H,3,10-13H2,(H,22,23). The molecule has 1 saturated heterocycles. The van der Waals surface area contributed by atoms with Gasteiger partial charge in [0.2, 0.25) is 0 Å². The molecule has 5 nitrogen and oxygen atoms in total. The number of thioether (sulfide) groups is 2. The molecule has 1 amide bonds. The van der Waals surface area contributed by atoms with Gasteiger partial charge in [0.15, 0.2) is 13.2 Å². The van der Waals surface area contributed by atoms with Crippen molar-refractivity contribution in [3.05, 3.63) is 57.7 Å². The molecule has 0 spiro atoms. The second-order valence-corrected chi connectivity index (χ2v) is 9.86. The van der Waals surface area contributed by atoms with Gasteiger partial charge in [0.1, 0.15) is 5.75 Å². The molecular weight excluding hydrogens is 509 g/mol. The Balaban J connectivity index is 1.39. The molecule has 2 aromatic carbocycles. The molecule has 1 N–H and O–H groups in total. The lowest BCUT2D eigenvalue weighted by Crippen LogP contribution is -2.24. The van der Waals surface area contributed by atoms with Gasteiger partial charge < -0.3 is 14.8 Å². The van der Waals surface area contributed by atoms with Crippen LogP contribution in [0.3, 0.4) is 0 Å². The number of anilines is 1. The lowest BCUT2D eigenvalue weighted by Gasteiger charge is -2.21. The Morgan fingerprint density at radius 2 is 1.75 bits per heavy atom. The Kier molecular flexibility index (Phi) is 8.35. The molecule has 0 radical (unpaired) electrons. The molecule has 0 atom stereocenters. The number of carbonyl (C=O) groups excluding carboxylic acids is 2. The molecule has 1 fully saturated rings. The molecule has 0 unspecified atom stereocenters. The van der Waals surface area contributed by atoms with E-state index in [2.05, 4.69) is 27.9 Å². The number of hydrogen-bond acceptors (Lipinski definition) is 6. The summed E-state index contributed by atoms with van der Waals surface area (Å²) in [6.45, 7) is -0.579. The van der Waals surface area contributed by atoms with Gasteiger partial charge in [-0.05, 0) is 70.3 Å². The third-order valence-corrected chi connectivity index (χ3v) is 7.80. The van der Waals surface area contributed by atoms with E-state index >= 15 is 0 Å². The normalized spacial score (nSPS) is 14.3. The number of nitrogens with one attached hydrogen (secondary N) is 1. The van der Waals surface area contributed by atoms with Crippen LogP contribution in [0.4, 0.5) is 5.69 Å². The minimum atomic E-state index is -0.583. The van der Waals surface area contributed by atoms with E-state index in [0.29, 0.717) is 16.0 Å². The van der Waals surface area contributed by atoms with E-state index in [0.717, 1.165) is 3.57 Å². The van der Waals surface area contributed by atoms with Gasteiger partial charge in [-0.3, -0.25) is 4.79 Å². The fourth-order valence-corrected chi connectivity index (χ4v) is 5.90. The quantitative estimate of drug-likeness (QED) is 0.414. The van der Waals surface area contributed by atoms with Gasteiger partial charge in [0.05, 0.1) is 10.3 Å². The third kappa shape index (κ3) is 6.59. The molecule has 0 saturated carbocycles. The highest BCUT2D eigenvalue weighted by molar-refractivity contribution is 14.1. The van der Waals surface area contributed by atoms with E-state index in [1.165, 1.54) is 23.5 Å². The van der Waals surface area contributed by atoms with Crippen molar-refractivity contribution in [2.45, 2.75) is 11.0 Å². The molecule has 1 aliphatic rings. The molecular formula is C20H20INO4S2. The summed E-state index contributed by atoms with van der Waals surface area (Å²) in [6, 6.07) is 15.2. The maximum absolute atomic E-state index is 11.9. The van der Waals surface area contributed by atoms with Crippen LogP contribution in [0, 0.1) is 3.57 Å². The fourth-order valence-electron chi connectivity index (χ4n) is 2.48. The first-order chi connectivity index (χ1) is 13.6. The number of carbonyl (C=O) groups is 2. The van der Waals surface area contributed by atoms with E-state index in [1.807, 2.05) is 66.0 Å². The van der Waals surface area contributed by atoms with Gasteiger partial charge in [0, 0.05) is 3.57 Å². The Bertz CT molecular complexity index is 810. The van der Waals surface area contributed by atoms with Crippen LogP contribution in [0.5, 0.6) is 5.75 Å². The van der Waals surface area contributed by atoms with Gasteiger partial charge in [0.25, 0.3) is 5.91 Å². The van der Waals surface area contributed by atoms with Crippen molar-refractivity contribution < 1.29 is 19.1 Å². The molecule has 148 valence electrons. The minimum Gasteiger partial charge on any atom is -0.482 e. The Hall–Kier alpha value is -1.39. The molecule has 0 bridgehead atoms. The van der Waals surface area contributed by atoms with E-state index in [1.54, 1.807) is 6.07 Å². The zero-order valence-electron chi connectivity index (χ0n) is 15.1. The average molecular weight is 529 g/mol. The van der Waals surface area contributed by atoms with Crippen LogP contribution < -0.4 is 10.1 Å². The maximum Gasteiger partial charge on any atom is 0.344 e. The number of hydrogen-bond donors (Lipinski definition) is 1. The van der Waals surface area contributed by atoms with Crippen LogP contribution >= 0.6 is 46.1 Å². The monoisotopic (exact) mass is 529 g/mol. The molecule has 0 aromatic heterocycles. The maximum atomic E-state index is 11.9. The summed E-state index contributed by atoms with van der Waals surface area (Å²) in [4.78, 5) is 23.7. The summed E-state index contributed by atoms with van der Waals surface area (Å²) in [6.07, 6.45) is 1.26. The minimum absolute atomic E-state index is 0.234. The largest absolute Gasteiger partial charge is 0.482 e. The van der Waals surface area contributed by atoms with Crippen molar-refractivity contribution in [2.75, 3.05) is 30.0 Å². The fraction of sp³-hybridized carbons (Fsp3) is 0.300. The number of benzene rings is 2. The van der Waals surface area contributed by atoms with Crippen LogP contribution in [-0.2, 0) is 14.3 Å². The van der Waals surface area contributed by atoms with Gasteiger partial charge in [-0.15, -0.1) is 23.5 Å². The second-order valence-electron chi connectivity index (χ2n) is 5.97. The topological polar surface area (TPSA) is 64.6 Å². The number of esters is 1. The predicted molar refractivity (Wildman–Crippen MR) is 123 cm³/mol. The van der Waals surface area contributed by atoms with E-state index < -0.39 is 5.97 Å². The number of amides is 1. The molecule has 2 aromatic rings. The summed E-state index contributed by atoms with van der Waals surface area (Å²) in [5.41, 5.74) is 1.95. The van der Waals surface area contributed by atoms with Crippen LogP contribution in [-0.4, -0.2) is 36.6 Å². The van der Waals surface area contributed by atoms with E-state index in [-0.39, 0.29) is 19.1 Å². The highest BCUT2D eigenvalue weighted by Gasteiger charge is 2.16. The van der Waals surface area contributed by atoms with Gasteiger partial charge in [-0.25, -0.2) is 4.79 Å². The molecule has 3 rings (SSSR count). The summed E-state index contributed by atoms with van der Waals surface area (Å²) >= 11 is 6.05. The third-order valence-electron chi connectivity index (χ3n) is 3.85. The van der Waals surface area contributed by atoms with Gasteiger partial charge in [-0.2, -0.15) is 0 Å². The predicted octanol–water partition coefficient (Wildman–Crippen LogP) is 4.72. The summed E-state index contributed by atoms with van der Waals surface area (Å²) in [5.74, 6) is 2.02. The molecule has 1 heterocycles. The van der Waals surface area contributed by atoms with Crippen molar-refractivity contribution in [3.63, 3.8) is 0 Å². The highest BCUT2D eigenvalue weighted by Crippen LogP contribution is 2.43. The van der Waals surface area contributed by atoms with E-state index in [4.69, 9.17) is 9.47 Å². The summed E-state index contributed by atoms with van der Waals surface area (Å²) < 4.78 is 11.8. The number of ether oxygens (including phenoxy) is 2. The Morgan fingerprint density at radius 3 is 2.46 bits per heavy atom. The molecule has 1 aliphatic heterocycles. The lowest BCUT2D eigenvalue weighted by molar-refractivity contribution is -0.149. The Labute approximate surface area is 186 Å². The lowest BCUT2D eigenvalue weighted by atomic mass is 10.2. The first-order valence-corrected chi connectivity index (χ1v) is 12.0. The zero-order valence-corrected chi connectivity index (χ0v) is 18.8. The van der Waals surface area contributed by atoms with Crippen molar-refractivity contribution in [3.8, 4) is 5.75 Å². The van der Waals surface area contributed by atoms with Crippen molar-refractivity contribution in [1.29, 1.82) is 0 Å². The van der Waals surface area contributed by atoms with Crippen LogP contribution in [0.25, 0.3) is 0 Å². The van der Waals surface area contributed by atoms with E-state index in [9.17, 15) is 9.59 Å². The molecule has 0 aliphatic carbocycles. The van der Waals surface area contributed by atoms with Crippen LogP contribution in [0.1, 0.15) is 16.6 Å². The average Bonchev–Trinajstić information content (AvgIpc) is 2.73.